The molecule has 0 bridgehead atoms. The van der Waals surface area contributed by atoms with Crippen LogP contribution in [0.3, 0.4) is 0 Å². The summed E-state index contributed by atoms with van der Waals surface area (Å²) >= 11 is 6.27. The number of ether oxygens (including phenoxy) is 1. The van der Waals surface area contributed by atoms with Crippen LogP contribution in [0.25, 0.3) is 10.9 Å². The molecule has 0 saturated carbocycles. The molecule has 0 fully saturated rings. The quantitative estimate of drug-likeness (QED) is 0.523. The minimum Gasteiger partial charge on any atom is -0.460 e. The van der Waals surface area contributed by atoms with Crippen molar-refractivity contribution in [2.24, 2.45) is 0 Å². The van der Waals surface area contributed by atoms with Gasteiger partial charge in [0.05, 0.1) is 24.0 Å². The number of hydrogen-bond donors (Lipinski definition) is 1. The third-order valence-electron chi connectivity index (χ3n) is 5.31. The Hall–Kier alpha value is -2.77. The molecule has 6 nitrogen and oxygen atoms in total. The first-order valence-corrected chi connectivity index (χ1v) is 9.54. The van der Waals surface area contributed by atoms with Crippen molar-refractivity contribution in [3.05, 3.63) is 74.5 Å². The van der Waals surface area contributed by atoms with Gasteiger partial charge in [-0.3, -0.25) is 9.59 Å². The summed E-state index contributed by atoms with van der Waals surface area (Å²) in [5, 5.41) is 11.6. The molecule has 1 aliphatic rings. The van der Waals surface area contributed by atoms with E-state index in [0.29, 0.717) is 22.0 Å². The molecule has 0 saturated heterocycles. The maximum absolute atomic E-state index is 13.5. The summed E-state index contributed by atoms with van der Waals surface area (Å²) in [6.07, 6.45) is 1.61. The van der Waals surface area contributed by atoms with Crippen LogP contribution >= 0.6 is 11.6 Å². The summed E-state index contributed by atoms with van der Waals surface area (Å²) in [5.41, 5.74) is -0.103. The van der Waals surface area contributed by atoms with Crippen molar-refractivity contribution in [3.8, 4) is 0 Å². The minimum atomic E-state index is -1.44. The molecule has 150 valence electrons. The van der Waals surface area contributed by atoms with Crippen LogP contribution in [0.1, 0.15) is 36.5 Å². The lowest BCUT2D eigenvalue weighted by molar-refractivity contribution is -0.149. The average molecular weight is 417 g/mol. The maximum atomic E-state index is 13.5. The minimum absolute atomic E-state index is 0.100. The number of carbonyl (C=O) groups excluding carboxylic acids is 1. The highest BCUT2D eigenvalue weighted by molar-refractivity contribution is 6.30. The van der Waals surface area contributed by atoms with Crippen LogP contribution in [0.4, 0.5) is 4.39 Å². The van der Waals surface area contributed by atoms with Crippen LogP contribution in [0.5, 0.6) is 0 Å². The second-order valence-electron chi connectivity index (χ2n) is 7.14. The molecule has 1 atom stereocenters. The molecular weight excluding hydrogens is 399 g/mol. The topological polar surface area (TPSA) is 81.4 Å². The Morgan fingerprint density at radius 2 is 2.10 bits per heavy atom. The number of carbonyl (C=O) groups is 1. The second-order valence-corrected chi connectivity index (χ2v) is 7.50. The lowest BCUT2D eigenvalue weighted by atomic mass is 9.86. The highest BCUT2D eigenvalue weighted by Crippen LogP contribution is 2.33. The Kier molecular flexibility index (Phi) is 4.88. The van der Waals surface area contributed by atoms with Gasteiger partial charge in [-0.2, -0.15) is 0 Å². The third-order valence-corrected chi connectivity index (χ3v) is 5.64. The van der Waals surface area contributed by atoms with E-state index in [4.69, 9.17) is 16.3 Å². The summed E-state index contributed by atoms with van der Waals surface area (Å²) in [7, 11) is 0. The predicted molar refractivity (Wildman–Crippen MR) is 105 cm³/mol. The summed E-state index contributed by atoms with van der Waals surface area (Å²) in [6, 6.07) is 7.51. The van der Waals surface area contributed by atoms with Crippen molar-refractivity contribution in [3.63, 3.8) is 0 Å². The van der Waals surface area contributed by atoms with Crippen molar-refractivity contribution in [1.82, 2.24) is 9.55 Å². The zero-order valence-corrected chi connectivity index (χ0v) is 16.4. The van der Waals surface area contributed by atoms with E-state index in [0.717, 1.165) is 0 Å². The van der Waals surface area contributed by atoms with E-state index in [1.807, 2.05) is 0 Å². The van der Waals surface area contributed by atoms with Gasteiger partial charge in [-0.05, 0) is 42.3 Å². The number of halogens is 2. The number of hydrogen-bond acceptors (Lipinski definition) is 5. The van der Waals surface area contributed by atoms with Crippen molar-refractivity contribution in [2.75, 3.05) is 0 Å². The van der Waals surface area contributed by atoms with Gasteiger partial charge in [-0.15, -0.1) is 0 Å². The first kappa shape index (κ1) is 19.5. The van der Waals surface area contributed by atoms with Gasteiger partial charge in [-0.25, -0.2) is 9.37 Å². The molecule has 1 aromatic carbocycles. The molecule has 0 amide bonds. The molecule has 4 rings (SSSR count). The summed E-state index contributed by atoms with van der Waals surface area (Å²) in [6.45, 7) is 1.64. The number of pyridine rings is 2. The monoisotopic (exact) mass is 416 g/mol. The normalized spacial score (nSPS) is 19.0. The fourth-order valence-corrected chi connectivity index (χ4v) is 3.84. The standard InChI is InChI=1S/C21H18ClFN2O4/c1-2-21(28)9-18(26)29-11-15-16(21)5-6-25(20(15)27)10-13-7-12-8-14(23)3-4-17(12)24-19(13)22/h3-8,28H,2,9-11H2,1H3. The molecule has 1 aliphatic heterocycles. The number of cyclic esters (lactones) is 1. The highest BCUT2D eigenvalue weighted by atomic mass is 35.5. The number of aromatic nitrogens is 2. The Balaban J connectivity index is 1.78. The molecule has 0 aliphatic carbocycles. The van der Waals surface area contributed by atoms with E-state index in [-0.39, 0.29) is 42.3 Å². The highest BCUT2D eigenvalue weighted by Gasteiger charge is 2.37. The van der Waals surface area contributed by atoms with Crippen molar-refractivity contribution < 1.29 is 19.0 Å². The number of fused-ring (bicyclic) bond motifs is 2. The number of benzene rings is 1. The molecule has 29 heavy (non-hydrogen) atoms. The smallest absolute Gasteiger partial charge is 0.309 e. The maximum Gasteiger partial charge on any atom is 0.309 e. The molecule has 1 N–H and O–H groups in total. The Morgan fingerprint density at radius 3 is 2.86 bits per heavy atom. The van der Waals surface area contributed by atoms with E-state index < -0.39 is 17.4 Å². The lowest BCUT2D eigenvalue weighted by Gasteiger charge is -2.25. The zero-order valence-electron chi connectivity index (χ0n) is 15.6. The van der Waals surface area contributed by atoms with Crippen LogP contribution < -0.4 is 5.56 Å². The zero-order chi connectivity index (χ0) is 20.8. The first-order valence-electron chi connectivity index (χ1n) is 9.16. The van der Waals surface area contributed by atoms with Crippen LogP contribution in [-0.4, -0.2) is 20.6 Å². The summed E-state index contributed by atoms with van der Waals surface area (Å²) < 4.78 is 20.1. The fraction of sp³-hybridized carbons (Fsp3) is 0.286. The van der Waals surface area contributed by atoms with Crippen molar-refractivity contribution >= 4 is 28.5 Å². The Labute approximate surface area is 170 Å². The molecule has 3 heterocycles. The van der Waals surface area contributed by atoms with Gasteiger partial charge < -0.3 is 14.4 Å². The van der Waals surface area contributed by atoms with Crippen molar-refractivity contribution in [1.29, 1.82) is 0 Å². The number of nitrogens with zero attached hydrogens (tertiary/aromatic N) is 2. The van der Waals surface area contributed by atoms with Gasteiger partial charge in [0.15, 0.2) is 0 Å². The molecule has 8 heteroatoms. The number of rotatable bonds is 3. The van der Waals surface area contributed by atoms with Crippen LogP contribution in [0.2, 0.25) is 5.15 Å². The van der Waals surface area contributed by atoms with E-state index in [1.54, 1.807) is 25.3 Å². The van der Waals surface area contributed by atoms with E-state index in [1.165, 1.54) is 22.8 Å². The largest absolute Gasteiger partial charge is 0.460 e. The van der Waals surface area contributed by atoms with Gasteiger partial charge >= 0.3 is 5.97 Å². The predicted octanol–water partition coefficient (Wildman–Crippen LogP) is 3.28. The van der Waals surface area contributed by atoms with E-state index >= 15 is 0 Å². The Morgan fingerprint density at radius 1 is 1.31 bits per heavy atom. The molecule has 3 aromatic rings. The van der Waals surface area contributed by atoms with Crippen molar-refractivity contribution in [2.45, 2.75) is 38.5 Å². The van der Waals surface area contributed by atoms with Gasteiger partial charge in [0.25, 0.3) is 5.56 Å². The second kappa shape index (κ2) is 7.24. The van der Waals surface area contributed by atoms with Crippen LogP contribution in [0, 0.1) is 5.82 Å². The average Bonchev–Trinajstić information content (AvgIpc) is 2.81. The molecular formula is C21H18ClFN2O4. The van der Waals surface area contributed by atoms with Crippen LogP contribution in [-0.2, 0) is 28.3 Å². The van der Waals surface area contributed by atoms with E-state index in [2.05, 4.69) is 4.98 Å². The molecule has 2 aromatic heterocycles. The lowest BCUT2D eigenvalue weighted by Crippen LogP contribution is -2.32. The van der Waals surface area contributed by atoms with Crippen LogP contribution in [0.15, 0.2) is 41.3 Å². The summed E-state index contributed by atoms with van der Waals surface area (Å²) in [4.78, 5) is 29.2. The molecule has 1 unspecified atom stereocenters. The number of esters is 1. The Bertz CT molecular complexity index is 1190. The third kappa shape index (κ3) is 3.52. The van der Waals surface area contributed by atoms with Gasteiger partial charge in [-0.1, -0.05) is 18.5 Å². The van der Waals surface area contributed by atoms with Gasteiger partial charge in [0, 0.05) is 17.1 Å². The SMILES string of the molecule is CCC1(O)CC(=O)OCc2c1ccn(Cc1cc3cc(F)ccc3nc1Cl)c2=O. The van der Waals surface area contributed by atoms with Gasteiger partial charge in [0.1, 0.15) is 23.2 Å². The summed E-state index contributed by atoms with van der Waals surface area (Å²) in [5.74, 6) is -0.948. The van der Waals surface area contributed by atoms with E-state index in [9.17, 15) is 19.1 Å². The molecule has 0 radical (unpaired) electrons. The fourth-order valence-electron chi connectivity index (χ4n) is 3.64. The first-order chi connectivity index (χ1) is 13.8. The molecule has 0 spiro atoms. The van der Waals surface area contributed by atoms with Gasteiger partial charge in [0.2, 0.25) is 0 Å². The number of aliphatic hydroxyl groups is 1.